The third kappa shape index (κ3) is 3.97. The second-order valence-electron chi connectivity index (χ2n) is 8.46. The molecule has 176 valence electrons. The first-order chi connectivity index (χ1) is 16.4. The van der Waals surface area contributed by atoms with Gasteiger partial charge in [0, 0.05) is 30.7 Å². The second-order valence-corrected chi connectivity index (χ2v) is 8.87. The monoisotopic (exact) mass is 483 g/mol. The molecule has 0 amide bonds. The first-order valence-electron chi connectivity index (χ1n) is 11.0. The molecule has 0 saturated carbocycles. The molecule has 0 bridgehead atoms. The van der Waals surface area contributed by atoms with Gasteiger partial charge in [-0.05, 0) is 54.8 Å². The van der Waals surface area contributed by atoms with E-state index in [1.165, 1.54) is 29.5 Å². The van der Waals surface area contributed by atoms with Crippen molar-refractivity contribution in [3.05, 3.63) is 70.0 Å². The van der Waals surface area contributed by atoms with E-state index in [1.807, 2.05) is 13.0 Å². The topological polar surface area (TPSA) is 55.2 Å². The molecule has 4 aromatic rings. The largest absolute Gasteiger partial charge is 0.495 e. The average molecular weight is 484 g/mol. The summed E-state index contributed by atoms with van der Waals surface area (Å²) in [7, 11) is 3.72. The molecule has 0 fully saturated rings. The number of likely N-dealkylation sites (N-methyl/N-ethyl adjacent to an activating group) is 1. The van der Waals surface area contributed by atoms with Crippen LogP contribution >= 0.6 is 11.6 Å². The van der Waals surface area contributed by atoms with Crippen LogP contribution in [0.5, 0.6) is 5.75 Å². The van der Waals surface area contributed by atoms with Crippen molar-refractivity contribution >= 4 is 34.1 Å². The van der Waals surface area contributed by atoms with Gasteiger partial charge in [-0.1, -0.05) is 18.5 Å². The maximum Gasteiger partial charge on any atom is 0.229 e. The van der Waals surface area contributed by atoms with Gasteiger partial charge in [0.2, 0.25) is 5.95 Å². The Balaban J connectivity index is 1.58. The lowest BCUT2D eigenvalue weighted by molar-refractivity contribution is 0.312. The summed E-state index contributed by atoms with van der Waals surface area (Å²) in [6.45, 7) is 3.80. The molecule has 2 aromatic heterocycles. The van der Waals surface area contributed by atoms with Gasteiger partial charge in [-0.3, -0.25) is 4.57 Å². The van der Waals surface area contributed by atoms with E-state index in [0.29, 0.717) is 34.8 Å². The number of rotatable bonds is 5. The Morgan fingerprint density at radius 1 is 1.15 bits per heavy atom. The van der Waals surface area contributed by atoms with E-state index in [1.54, 1.807) is 17.9 Å². The van der Waals surface area contributed by atoms with E-state index in [2.05, 4.69) is 33.3 Å². The molecular formula is C25H24ClF2N5O. The summed E-state index contributed by atoms with van der Waals surface area (Å²) in [4.78, 5) is 11.2. The van der Waals surface area contributed by atoms with Gasteiger partial charge in [0.1, 0.15) is 10.8 Å². The zero-order valence-electron chi connectivity index (χ0n) is 19.1. The van der Waals surface area contributed by atoms with Crippen molar-refractivity contribution in [1.82, 2.24) is 19.4 Å². The Morgan fingerprint density at radius 2 is 1.94 bits per heavy atom. The molecule has 2 aromatic carbocycles. The van der Waals surface area contributed by atoms with E-state index in [4.69, 9.17) is 16.3 Å². The van der Waals surface area contributed by atoms with Gasteiger partial charge in [0.05, 0.1) is 24.5 Å². The second kappa shape index (κ2) is 8.85. The van der Waals surface area contributed by atoms with Crippen molar-refractivity contribution in [2.45, 2.75) is 26.3 Å². The Kier molecular flexibility index (Phi) is 5.87. The van der Waals surface area contributed by atoms with Crippen LogP contribution in [0, 0.1) is 11.6 Å². The van der Waals surface area contributed by atoms with Gasteiger partial charge < -0.3 is 15.0 Å². The molecule has 0 saturated heterocycles. The van der Waals surface area contributed by atoms with E-state index in [9.17, 15) is 8.78 Å². The van der Waals surface area contributed by atoms with Crippen LogP contribution in [0.25, 0.3) is 16.7 Å². The fourth-order valence-electron chi connectivity index (χ4n) is 4.45. The Labute approximate surface area is 201 Å². The van der Waals surface area contributed by atoms with Gasteiger partial charge in [-0.25, -0.2) is 13.8 Å². The van der Waals surface area contributed by atoms with Crippen LogP contribution in [0.3, 0.4) is 0 Å². The van der Waals surface area contributed by atoms with Crippen LogP contribution in [-0.4, -0.2) is 40.1 Å². The number of ether oxygens (including phenoxy) is 1. The fraction of sp³-hybridized carbons (Fsp3) is 0.280. The van der Waals surface area contributed by atoms with Crippen molar-refractivity contribution < 1.29 is 13.5 Å². The summed E-state index contributed by atoms with van der Waals surface area (Å²) in [5.74, 6) is -0.445. The van der Waals surface area contributed by atoms with Crippen molar-refractivity contribution in [3.63, 3.8) is 0 Å². The third-order valence-electron chi connectivity index (χ3n) is 6.24. The van der Waals surface area contributed by atoms with E-state index in [-0.39, 0.29) is 5.02 Å². The van der Waals surface area contributed by atoms with Crippen LogP contribution in [-0.2, 0) is 19.4 Å². The highest BCUT2D eigenvalue weighted by atomic mass is 35.5. The van der Waals surface area contributed by atoms with Gasteiger partial charge in [0.15, 0.2) is 17.5 Å². The van der Waals surface area contributed by atoms with Gasteiger partial charge in [-0.15, -0.1) is 0 Å². The Bertz CT molecular complexity index is 1400. The quantitative estimate of drug-likeness (QED) is 0.397. The molecule has 9 heteroatoms. The highest BCUT2D eigenvalue weighted by Crippen LogP contribution is 2.34. The fourth-order valence-corrected chi connectivity index (χ4v) is 4.63. The summed E-state index contributed by atoms with van der Waals surface area (Å²) in [5, 5.41) is 4.15. The van der Waals surface area contributed by atoms with E-state index < -0.39 is 11.6 Å². The van der Waals surface area contributed by atoms with Crippen molar-refractivity contribution in [3.8, 4) is 11.6 Å². The summed E-state index contributed by atoms with van der Waals surface area (Å²) < 4.78 is 35.3. The number of nitrogens with one attached hydrogen (secondary N) is 1. The summed E-state index contributed by atoms with van der Waals surface area (Å²) in [5.41, 5.74) is 4.56. The lowest BCUT2D eigenvalue weighted by Crippen LogP contribution is -2.26. The predicted octanol–water partition coefficient (Wildman–Crippen LogP) is 5.65. The van der Waals surface area contributed by atoms with Crippen molar-refractivity contribution in [2.75, 3.05) is 26.0 Å². The number of nitrogens with zero attached hydrogens (tertiary/aromatic N) is 4. The van der Waals surface area contributed by atoms with Crippen molar-refractivity contribution in [1.29, 1.82) is 0 Å². The van der Waals surface area contributed by atoms with E-state index in [0.717, 1.165) is 30.8 Å². The number of anilines is 2. The average Bonchev–Trinajstić information content (AvgIpc) is 3.17. The zero-order chi connectivity index (χ0) is 24.0. The number of methoxy groups -OCH3 is 1. The summed E-state index contributed by atoms with van der Waals surface area (Å²) in [6, 6.07) is 6.48. The molecular weight excluding hydrogens is 460 g/mol. The molecule has 1 aliphatic rings. The standard InChI is InChI=1S/C25H24ClF2N5O/c1-4-14-13-33(22-10-20(28)19(27)9-17(14)22)24-18(26)11-29-25(31-24)30-21-7-16-12-32(2)6-5-15(16)8-23(21)34-3/h7-11,13H,4-6,12H2,1-3H3,(H,29,30,31). The number of benzene rings is 2. The Hall–Kier alpha value is -3.23. The SMILES string of the molecule is CCc1cn(-c2nc(Nc3cc4c(cc3OC)CCN(C)C4)ncc2Cl)c2cc(F)c(F)cc12. The maximum absolute atomic E-state index is 14.1. The number of hydrogen-bond acceptors (Lipinski definition) is 5. The van der Waals surface area contributed by atoms with Gasteiger partial charge in [0.25, 0.3) is 0 Å². The Morgan fingerprint density at radius 3 is 2.71 bits per heavy atom. The number of aromatic nitrogens is 3. The molecule has 5 rings (SSSR count). The van der Waals surface area contributed by atoms with Crippen LogP contribution in [0.4, 0.5) is 20.4 Å². The molecule has 0 radical (unpaired) electrons. The first-order valence-corrected chi connectivity index (χ1v) is 11.4. The van der Waals surface area contributed by atoms with Crippen LogP contribution < -0.4 is 10.1 Å². The zero-order valence-corrected chi connectivity index (χ0v) is 19.9. The minimum atomic E-state index is -0.929. The highest BCUT2D eigenvalue weighted by Gasteiger charge is 2.19. The summed E-state index contributed by atoms with van der Waals surface area (Å²) >= 11 is 6.46. The summed E-state index contributed by atoms with van der Waals surface area (Å²) in [6.07, 6.45) is 4.89. The van der Waals surface area contributed by atoms with E-state index >= 15 is 0 Å². The normalized spacial score (nSPS) is 13.8. The molecule has 0 spiro atoms. The molecule has 6 nitrogen and oxygen atoms in total. The minimum absolute atomic E-state index is 0.286. The molecule has 1 aliphatic heterocycles. The highest BCUT2D eigenvalue weighted by molar-refractivity contribution is 6.32. The molecule has 1 N–H and O–H groups in total. The number of fused-ring (bicyclic) bond motifs is 2. The number of halogens is 3. The van der Waals surface area contributed by atoms with Crippen LogP contribution in [0.1, 0.15) is 23.6 Å². The molecule has 3 heterocycles. The van der Waals surface area contributed by atoms with Crippen LogP contribution in [0.2, 0.25) is 5.02 Å². The lowest BCUT2D eigenvalue weighted by Gasteiger charge is -2.26. The molecule has 0 unspecified atom stereocenters. The molecule has 34 heavy (non-hydrogen) atoms. The molecule has 0 aliphatic carbocycles. The predicted molar refractivity (Wildman–Crippen MR) is 129 cm³/mol. The smallest absolute Gasteiger partial charge is 0.229 e. The van der Waals surface area contributed by atoms with Crippen LogP contribution in [0.15, 0.2) is 36.7 Å². The molecule has 0 atom stereocenters. The number of hydrogen-bond donors (Lipinski definition) is 1. The maximum atomic E-state index is 14.1. The van der Waals surface area contributed by atoms with Gasteiger partial charge in [-0.2, -0.15) is 4.98 Å². The third-order valence-corrected chi connectivity index (χ3v) is 6.50. The lowest BCUT2D eigenvalue weighted by atomic mass is 9.99. The first kappa shape index (κ1) is 22.6. The van der Waals surface area contributed by atoms with Crippen molar-refractivity contribution in [2.24, 2.45) is 0 Å². The minimum Gasteiger partial charge on any atom is -0.495 e. The van der Waals surface area contributed by atoms with Gasteiger partial charge >= 0.3 is 0 Å². The number of aryl methyl sites for hydroxylation is 1.